The van der Waals surface area contributed by atoms with Crippen molar-refractivity contribution < 1.29 is 18.3 Å². The van der Waals surface area contributed by atoms with Gasteiger partial charge in [-0.1, -0.05) is 0 Å². The predicted octanol–water partition coefficient (Wildman–Crippen LogP) is 1.69. The molecule has 116 valence electrons. The van der Waals surface area contributed by atoms with E-state index in [1.54, 1.807) is 20.8 Å². The molecule has 8 heteroatoms. The normalized spacial score (nSPS) is 13.4. The number of nitriles is 1. The van der Waals surface area contributed by atoms with Crippen molar-refractivity contribution in [3.05, 3.63) is 18.0 Å². The smallest absolute Gasteiger partial charge is 0.352 e. The molecule has 0 radical (unpaired) electrons. The zero-order valence-electron chi connectivity index (χ0n) is 12.4. The molecule has 1 aromatic heterocycles. The Morgan fingerprint density at radius 2 is 2.05 bits per heavy atom. The van der Waals surface area contributed by atoms with Gasteiger partial charge in [-0.3, -0.25) is 0 Å². The largest absolute Gasteiger partial charge is 0.477 e. The Labute approximate surface area is 124 Å². The minimum Gasteiger partial charge on any atom is -0.477 e. The van der Waals surface area contributed by atoms with Crippen molar-refractivity contribution >= 4 is 16.0 Å². The monoisotopic (exact) mass is 313 g/mol. The van der Waals surface area contributed by atoms with Crippen LogP contribution in [0.4, 0.5) is 0 Å². The number of hydrogen-bond acceptors (Lipinski definition) is 4. The molecule has 0 aromatic carbocycles. The fourth-order valence-electron chi connectivity index (χ4n) is 1.86. The van der Waals surface area contributed by atoms with Gasteiger partial charge in [-0.15, -0.1) is 0 Å². The molecule has 0 saturated carbocycles. The fraction of sp³-hybridized carbons (Fsp3) is 0.538. The maximum atomic E-state index is 12.5. The fourth-order valence-corrected chi connectivity index (χ4v) is 3.25. The molecule has 0 saturated heterocycles. The molecule has 0 fully saturated rings. The van der Waals surface area contributed by atoms with Crippen molar-refractivity contribution in [1.82, 2.24) is 8.87 Å². The van der Waals surface area contributed by atoms with Gasteiger partial charge in [0.05, 0.1) is 12.5 Å². The highest BCUT2D eigenvalue weighted by molar-refractivity contribution is 7.89. The lowest BCUT2D eigenvalue weighted by molar-refractivity contribution is 0.0683. The number of aromatic carboxylic acids is 1. The maximum Gasteiger partial charge on any atom is 0.352 e. The van der Waals surface area contributed by atoms with Crippen molar-refractivity contribution in [2.45, 2.75) is 44.2 Å². The van der Waals surface area contributed by atoms with Crippen molar-refractivity contribution in [1.29, 1.82) is 5.26 Å². The highest BCUT2D eigenvalue weighted by atomic mass is 32.2. The van der Waals surface area contributed by atoms with Crippen molar-refractivity contribution in [2.24, 2.45) is 0 Å². The van der Waals surface area contributed by atoms with Crippen LogP contribution in [0.15, 0.2) is 17.2 Å². The third-order valence-corrected chi connectivity index (χ3v) is 5.22. The van der Waals surface area contributed by atoms with E-state index in [0.29, 0.717) is 0 Å². The second kappa shape index (κ2) is 6.28. The first kappa shape index (κ1) is 17.2. The molecule has 1 N–H and O–H groups in total. The van der Waals surface area contributed by atoms with Gasteiger partial charge < -0.3 is 9.67 Å². The number of carboxylic acid groups (broad SMARTS) is 1. The molecule has 1 rings (SSSR count). The topological polar surface area (TPSA) is 103 Å². The lowest BCUT2D eigenvalue weighted by Crippen LogP contribution is -2.34. The number of rotatable bonds is 6. The minimum absolute atomic E-state index is 0.0619. The molecule has 1 atom stereocenters. The van der Waals surface area contributed by atoms with Gasteiger partial charge in [-0.2, -0.15) is 9.57 Å². The number of hydrogen-bond donors (Lipinski definition) is 1. The standard InChI is InChI=1S/C13H19N3O4S/c1-9(2)16-8-11(7-12(16)13(17)18)21(19,20)15(4)10(3)5-6-14/h7-10H,5H2,1-4H3,(H,17,18). The first-order chi connectivity index (χ1) is 9.62. The molecule has 1 aromatic rings. The molecular formula is C13H19N3O4S. The Kier molecular flexibility index (Phi) is 5.15. The van der Waals surface area contributed by atoms with Crippen LogP contribution in [0.5, 0.6) is 0 Å². The van der Waals surface area contributed by atoms with Gasteiger partial charge >= 0.3 is 5.97 Å². The zero-order valence-corrected chi connectivity index (χ0v) is 13.3. The molecule has 0 amide bonds. The summed E-state index contributed by atoms with van der Waals surface area (Å²) in [5, 5.41) is 17.8. The van der Waals surface area contributed by atoms with Crippen molar-refractivity contribution in [3.63, 3.8) is 0 Å². The second-order valence-electron chi connectivity index (χ2n) is 5.10. The maximum absolute atomic E-state index is 12.5. The average Bonchev–Trinajstić information content (AvgIpc) is 2.84. The molecule has 0 aliphatic rings. The van der Waals surface area contributed by atoms with Crippen LogP contribution in [-0.4, -0.2) is 41.5 Å². The van der Waals surface area contributed by atoms with Crippen LogP contribution in [0.25, 0.3) is 0 Å². The number of carbonyl (C=O) groups is 1. The molecule has 1 heterocycles. The van der Waals surface area contributed by atoms with E-state index in [9.17, 15) is 13.2 Å². The van der Waals surface area contributed by atoms with Crippen molar-refractivity contribution in [2.75, 3.05) is 7.05 Å². The molecule has 21 heavy (non-hydrogen) atoms. The second-order valence-corrected chi connectivity index (χ2v) is 7.10. The Balaban J connectivity index is 3.30. The number of aromatic nitrogens is 1. The summed E-state index contributed by atoms with van der Waals surface area (Å²) in [5.41, 5.74) is -0.0788. The molecule has 0 aliphatic carbocycles. The van der Waals surface area contributed by atoms with Gasteiger partial charge in [0.2, 0.25) is 10.0 Å². The van der Waals surface area contributed by atoms with Crippen LogP contribution in [0.3, 0.4) is 0 Å². The predicted molar refractivity (Wildman–Crippen MR) is 76.4 cm³/mol. The van der Waals surface area contributed by atoms with E-state index >= 15 is 0 Å². The van der Waals surface area contributed by atoms with Gasteiger partial charge in [0, 0.05) is 25.3 Å². The summed E-state index contributed by atoms with van der Waals surface area (Å²) in [5.74, 6) is -1.18. The average molecular weight is 313 g/mol. The minimum atomic E-state index is -3.83. The first-order valence-electron chi connectivity index (χ1n) is 6.43. The van der Waals surface area contributed by atoms with Crippen LogP contribution in [0.2, 0.25) is 0 Å². The Morgan fingerprint density at radius 1 is 1.48 bits per heavy atom. The summed E-state index contributed by atoms with van der Waals surface area (Å²) < 4.78 is 27.4. The van der Waals surface area contributed by atoms with Crippen LogP contribution < -0.4 is 0 Å². The van der Waals surface area contributed by atoms with E-state index in [1.807, 2.05) is 6.07 Å². The SMILES string of the molecule is CC(CC#N)N(C)S(=O)(=O)c1cc(C(=O)O)n(C(C)C)c1. The Hall–Kier alpha value is -1.85. The van der Waals surface area contributed by atoms with Crippen LogP contribution >= 0.6 is 0 Å². The Bertz CT molecular complexity index is 670. The molecule has 7 nitrogen and oxygen atoms in total. The van der Waals surface area contributed by atoms with Crippen LogP contribution in [0, 0.1) is 11.3 Å². The highest BCUT2D eigenvalue weighted by Crippen LogP contribution is 2.23. The molecule has 0 aliphatic heterocycles. The summed E-state index contributed by atoms with van der Waals surface area (Å²) in [7, 11) is -2.45. The van der Waals surface area contributed by atoms with Gasteiger partial charge in [-0.05, 0) is 26.8 Å². The summed E-state index contributed by atoms with van der Waals surface area (Å²) in [6, 6.07) is 2.40. The Morgan fingerprint density at radius 3 is 2.43 bits per heavy atom. The lowest BCUT2D eigenvalue weighted by atomic mass is 10.3. The van der Waals surface area contributed by atoms with E-state index in [-0.39, 0.29) is 23.1 Å². The first-order valence-corrected chi connectivity index (χ1v) is 7.87. The zero-order chi connectivity index (χ0) is 16.4. The van der Waals surface area contributed by atoms with E-state index in [1.165, 1.54) is 17.8 Å². The van der Waals surface area contributed by atoms with Crippen molar-refractivity contribution in [3.8, 4) is 6.07 Å². The number of carboxylic acids is 1. The lowest BCUT2D eigenvalue weighted by Gasteiger charge is -2.21. The summed E-state index contributed by atoms with van der Waals surface area (Å²) in [6.45, 7) is 5.16. The van der Waals surface area contributed by atoms with Crippen LogP contribution in [-0.2, 0) is 10.0 Å². The molecular weight excluding hydrogens is 294 g/mol. The number of nitrogens with zero attached hydrogens (tertiary/aromatic N) is 3. The summed E-state index contributed by atoms with van der Waals surface area (Å²) >= 11 is 0. The molecule has 1 unspecified atom stereocenters. The van der Waals surface area contributed by atoms with Gasteiger partial charge in [-0.25, -0.2) is 13.2 Å². The van der Waals surface area contributed by atoms with E-state index < -0.39 is 22.0 Å². The van der Waals surface area contributed by atoms with Gasteiger partial charge in [0.15, 0.2) is 0 Å². The molecule has 0 bridgehead atoms. The third-order valence-electron chi connectivity index (χ3n) is 3.28. The van der Waals surface area contributed by atoms with E-state index in [2.05, 4.69) is 0 Å². The third kappa shape index (κ3) is 3.43. The van der Waals surface area contributed by atoms with Gasteiger partial charge in [0.1, 0.15) is 10.6 Å². The van der Waals surface area contributed by atoms with E-state index in [4.69, 9.17) is 10.4 Å². The quantitative estimate of drug-likeness (QED) is 0.860. The molecule has 0 spiro atoms. The summed E-state index contributed by atoms with van der Waals surface area (Å²) in [4.78, 5) is 11.1. The number of sulfonamides is 1. The van der Waals surface area contributed by atoms with Gasteiger partial charge in [0.25, 0.3) is 0 Å². The summed E-state index contributed by atoms with van der Waals surface area (Å²) in [6.07, 6.45) is 1.38. The van der Waals surface area contributed by atoms with E-state index in [0.717, 1.165) is 10.4 Å². The van der Waals surface area contributed by atoms with Crippen LogP contribution in [0.1, 0.15) is 43.7 Å². The highest BCUT2D eigenvalue weighted by Gasteiger charge is 2.28.